The zero-order valence-corrected chi connectivity index (χ0v) is 21.3. The first-order chi connectivity index (χ1) is 17.6. The Morgan fingerprint density at radius 3 is 2.14 bits per heavy atom. The number of rotatable bonds is 9. The first kappa shape index (κ1) is 24.1. The van der Waals surface area contributed by atoms with Crippen molar-refractivity contribution in [2.45, 2.75) is 25.4 Å². The smallest absolute Gasteiger partial charge is 0.140 e. The van der Waals surface area contributed by atoms with Crippen LogP contribution < -0.4 is 20.1 Å². The summed E-state index contributed by atoms with van der Waals surface area (Å²) in [5.41, 5.74) is 1.73. The molecule has 0 saturated heterocycles. The van der Waals surface area contributed by atoms with Gasteiger partial charge in [0.1, 0.15) is 23.2 Å². The Labute approximate surface area is 218 Å². The largest absolute Gasteiger partial charge is 0.493 e. The van der Waals surface area contributed by atoms with Gasteiger partial charge in [0, 0.05) is 17.4 Å². The molecule has 4 aromatic rings. The molecule has 6 nitrogen and oxygen atoms in total. The van der Waals surface area contributed by atoms with E-state index in [1.165, 1.54) is 0 Å². The van der Waals surface area contributed by atoms with Crippen LogP contribution >= 0.6 is 22.7 Å². The first-order valence-corrected chi connectivity index (χ1v) is 13.7. The van der Waals surface area contributed by atoms with E-state index < -0.39 is 0 Å². The molecule has 2 heterocycles. The number of anilines is 2. The molecule has 0 bridgehead atoms. The molecule has 4 N–H and O–H groups in total. The van der Waals surface area contributed by atoms with Crippen LogP contribution in [0.1, 0.15) is 29.0 Å². The predicted molar refractivity (Wildman–Crippen MR) is 150 cm³/mol. The van der Waals surface area contributed by atoms with Gasteiger partial charge in [0.2, 0.25) is 0 Å². The van der Waals surface area contributed by atoms with Crippen LogP contribution in [0.25, 0.3) is 0 Å². The minimum Gasteiger partial charge on any atom is -0.493 e. The molecular weight excluding hydrogens is 488 g/mol. The van der Waals surface area contributed by atoms with Crippen molar-refractivity contribution in [3.63, 3.8) is 0 Å². The lowest BCUT2D eigenvalue weighted by Gasteiger charge is -2.16. The highest BCUT2D eigenvalue weighted by molar-refractivity contribution is 7.12. The summed E-state index contributed by atoms with van der Waals surface area (Å²) < 4.78 is 12.3. The molecule has 5 rings (SSSR count). The van der Waals surface area contributed by atoms with E-state index in [-0.39, 0.29) is 6.10 Å². The van der Waals surface area contributed by atoms with Crippen molar-refractivity contribution in [2.75, 3.05) is 17.2 Å². The number of benzene rings is 2. The normalized spacial score (nSPS) is 16.9. The van der Waals surface area contributed by atoms with Gasteiger partial charge in [-0.3, -0.25) is 10.8 Å². The molecule has 2 aromatic carbocycles. The number of nitrogens with one attached hydrogen (secondary N) is 4. The monoisotopic (exact) mass is 516 g/mol. The van der Waals surface area contributed by atoms with Crippen molar-refractivity contribution >= 4 is 45.7 Å². The van der Waals surface area contributed by atoms with E-state index in [0.717, 1.165) is 51.9 Å². The fraction of sp³-hybridized carbons (Fsp3) is 0.214. The van der Waals surface area contributed by atoms with E-state index in [2.05, 4.69) is 10.6 Å². The van der Waals surface area contributed by atoms with Gasteiger partial charge in [-0.05, 0) is 84.5 Å². The molecule has 0 radical (unpaired) electrons. The maximum Gasteiger partial charge on any atom is 0.140 e. The average Bonchev–Trinajstić information content (AvgIpc) is 3.67. The summed E-state index contributed by atoms with van der Waals surface area (Å²) in [5, 5.41) is 26.6. The third kappa shape index (κ3) is 6.33. The van der Waals surface area contributed by atoms with Crippen LogP contribution in [0.15, 0.2) is 83.6 Å². The molecule has 184 valence electrons. The first-order valence-electron chi connectivity index (χ1n) is 11.9. The molecular formula is C28H28N4O2S2. The van der Waals surface area contributed by atoms with Gasteiger partial charge in [-0.15, -0.1) is 22.7 Å². The average molecular weight is 517 g/mol. The van der Waals surface area contributed by atoms with Crippen LogP contribution in [-0.4, -0.2) is 24.4 Å². The lowest BCUT2D eigenvalue weighted by molar-refractivity contribution is 0.190. The third-order valence-electron chi connectivity index (χ3n) is 6.04. The Hall–Kier alpha value is -3.62. The van der Waals surface area contributed by atoms with Gasteiger partial charge in [0.05, 0.1) is 22.5 Å². The fourth-order valence-corrected chi connectivity index (χ4v) is 5.49. The van der Waals surface area contributed by atoms with Crippen molar-refractivity contribution in [1.82, 2.24) is 0 Å². The minimum absolute atomic E-state index is 0.167. The zero-order valence-electron chi connectivity index (χ0n) is 19.7. The Kier molecular flexibility index (Phi) is 7.64. The third-order valence-corrected chi connectivity index (χ3v) is 7.82. The second-order valence-corrected chi connectivity index (χ2v) is 10.6. The molecule has 2 aromatic heterocycles. The van der Waals surface area contributed by atoms with Crippen molar-refractivity contribution in [3.05, 3.63) is 93.3 Å². The molecule has 1 aliphatic rings. The van der Waals surface area contributed by atoms with Crippen LogP contribution in [-0.2, 0) is 0 Å². The van der Waals surface area contributed by atoms with E-state index in [9.17, 15) is 0 Å². The van der Waals surface area contributed by atoms with Crippen LogP contribution in [0.3, 0.4) is 0 Å². The van der Waals surface area contributed by atoms with Gasteiger partial charge in [-0.2, -0.15) is 0 Å². The van der Waals surface area contributed by atoms with E-state index in [1.807, 2.05) is 83.6 Å². The number of amidine groups is 2. The molecule has 2 atom stereocenters. The summed E-state index contributed by atoms with van der Waals surface area (Å²) >= 11 is 3.09. The summed E-state index contributed by atoms with van der Waals surface area (Å²) in [5.74, 6) is 2.90. The van der Waals surface area contributed by atoms with Gasteiger partial charge in [-0.1, -0.05) is 18.2 Å². The minimum atomic E-state index is 0.167. The second-order valence-electron chi connectivity index (χ2n) is 8.74. The van der Waals surface area contributed by atoms with Gasteiger partial charge in [0.25, 0.3) is 0 Å². The fourth-order valence-electron chi connectivity index (χ4n) is 4.23. The molecule has 1 aliphatic carbocycles. The highest BCUT2D eigenvalue weighted by Gasteiger charge is 2.26. The molecule has 0 aliphatic heterocycles. The Morgan fingerprint density at radius 2 is 1.47 bits per heavy atom. The standard InChI is InChI=1S/C28H28N4O2S2/c29-27(25-6-2-14-35-25)31-20-9-12-22(13-10-20)33-18-19-8-11-24(16-19)34-23-5-1-4-21(17-23)32-28(30)26-7-3-15-36-26/h1-7,9-10,12-15,17,19,24H,8,11,16,18H2,(H2,29,31)(H2,30,32)/t19-,24-/m0/s1. The molecule has 0 spiro atoms. The summed E-state index contributed by atoms with van der Waals surface area (Å²) in [6, 6.07) is 23.4. The van der Waals surface area contributed by atoms with Crippen LogP contribution in [0.4, 0.5) is 11.4 Å². The molecule has 1 fully saturated rings. The summed E-state index contributed by atoms with van der Waals surface area (Å²) in [6.45, 7) is 0.664. The maximum atomic E-state index is 8.22. The number of hydrogen-bond donors (Lipinski definition) is 4. The highest BCUT2D eigenvalue weighted by atomic mass is 32.1. The van der Waals surface area contributed by atoms with Crippen LogP contribution in [0.2, 0.25) is 0 Å². The summed E-state index contributed by atoms with van der Waals surface area (Å²) in [6.07, 6.45) is 3.20. The maximum absolute atomic E-state index is 8.22. The van der Waals surface area contributed by atoms with Gasteiger partial charge in [-0.25, -0.2) is 0 Å². The highest BCUT2D eigenvalue weighted by Crippen LogP contribution is 2.31. The quantitative estimate of drug-likeness (QED) is 0.139. The SMILES string of the molecule is N=C(Nc1ccc(OC[C@H]2CC[C@H](Oc3cccc(NC(=N)c4cccs4)c3)C2)cc1)c1cccs1. The van der Waals surface area contributed by atoms with Crippen LogP contribution in [0, 0.1) is 16.7 Å². The van der Waals surface area contributed by atoms with Gasteiger partial charge < -0.3 is 20.1 Å². The Balaban J connectivity index is 1.07. The molecule has 1 saturated carbocycles. The predicted octanol–water partition coefficient (Wildman–Crippen LogP) is 7.31. The van der Waals surface area contributed by atoms with E-state index in [0.29, 0.717) is 24.2 Å². The second kappa shape index (κ2) is 11.4. The van der Waals surface area contributed by atoms with Gasteiger partial charge in [0.15, 0.2) is 0 Å². The zero-order chi connectivity index (χ0) is 24.7. The van der Waals surface area contributed by atoms with Crippen molar-refractivity contribution in [2.24, 2.45) is 5.92 Å². The molecule has 8 heteroatoms. The van der Waals surface area contributed by atoms with E-state index in [1.54, 1.807) is 22.7 Å². The van der Waals surface area contributed by atoms with E-state index >= 15 is 0 Å². The van der Waals surface area contributed by atoms with Crippen molar-refractivity contribution in [3.8, 4) is 11.5 Å². The Morgan fingerprint density at radius 1 is 0.778 bits per heavy atom. The van der Waals surface area contributed by atoms with Gasteiger partial charge >= 0.3 is 0 Å². The number of thiophene rings is 2. The summed E-state index contributed by atoms with van der Waals surface area (Å²) in [4.78, 5) is 1.82. The Bertz CT molecular complexity index is 1290. The molecule has 36 heavy (non-hydrogen) atoms. The molecule has 0 amide bonds. The lowest BCUT2D eigenvalue weighted by atomic mass is 10.1. The topological polar surface area (TPSA) is 90.2 Å². The van der Waals surface area contributed by atoms with Crippen LogP contribution in [0.5, 0.6) is 11.5 Å². The summed E-state index contributed by atoms with van der Waals surface area (Å²) in [7, 11) is 0. The number of ether oxygens (including phenoxy) is 2. The molecule has 0 unspecified atom stereocenters. The number of hydrogen-bond acceptors (Lipinski definition) is 6. The van der Waals surface area contributed by atoms with Crippen molar-refractivity contribution < 1.29 is 9.47 Å². The van der Waals surface area contributed by atoms with Crippen molar-refractivity contribution in [1.29, 1.82) is 10.8 Å². The lowest BCUT2D eigenvalue weighted by Crippen LogP contribution is -2.15. The van der Waals surface area contributed by atoms with E-state index in [4.69, 9.17) is 20.3 Å².